The quantitative estimate of drug-likeness (QED) is 0.637. The van der Waals surface area contributed by atoms with Gasteiger partial charge in [-0.1, -0.05) is 0 Å². The van der Waals surface area contributed by atoms with Crippen molar-refractivity contribution in [3.8, 4) is 5.75 Å². The smallest absolute Gasteiger partial charge is 0.193 e. The largest absolute Gasteiger partial charge is 0.492 e. The molecule has 0 fully saturated rings. The third-order valence-corrected chi connectivity index (χ3v) is 2.60. The minimum absolute atomic E-state index is 0. The minimum atomic E-state index is -0.902. The van der Waals surface area contributed by atoms with Gasteiger partial charge in [0.15, 0.2) is 17.6 Å². The summed E-state index contributed by atoms with van der Waals surface area (Å²) in [6.07, 6.45) is 0. The zero-order chi connectivity index (χ0) is 13.0. The number of ether oxygens (including phenoxy) is 1. The number of halogens is 3. The molecule has 0 aromatic heterocycles. The third kappa shape index (κ3) is 4.48. The van der Waals surface area contributed by atoms with Crippen LogP contribution < -0.4 is 10.1 Å². The van der Waals surface area contributed by atoms with Crippen LogP contribution in [0.1, 0.15) is 0 Å². The van der Waals surface area contributed by atoms with E-state index in [1.54, 1.807) is 0 Å². The van der Waals surface area contributed by atoms with Gasteiger partial charge in [-0.25, -0.2) is 8.78 Å². The molecule has 1 N–H and O–H groups in total. The van der Waals surface area contributed by atoms with Crippen molar-refractivity contribution in [3.63, 3.8) is 0 Å². The van der Waals surface area contributed by atoms with Gasteiger partial charge in [0.1, 0.15) is 12.4 Å². The predicted octanol–water partition coefficient (Wildman–Crippen LogP) is 1.85. The van der Waals surface area contributed by atoms with Crippen LogP contribution in [-0.2, 0) is 0 Å². The molecule has 0 saturated carbocycles. The number of guanidine groups is 1. The van der Waals surface area contributed by atoms with Gasteiger partial charge in [0.25, 0.3) is 0 Å². The lowest BCUT2D eigenvalue weighted by molar-refractivity contribution is 0.317. The van der Waals surface area contributed by atoms with Crippen LogP contribution in [0, 0.1) is 11.6 Å². The number of nitrogens with zero attached hydrogens (tertiary/aromatic N) is 2. The van der Waals surface area contributed by atoms with E-state index >= 15 is 0 Å². The summed E-state index contributed by atoms with van der Waals surface area (Å²) in [6.45, 7) is 2.62. The van der Waals surface area contributed by atoms with E-state index in [-0.39, 0.29) is 24.0 Å². The van der Waals surface area contributed by atoms with Crippen molar-refractivity contribution in [2.24, 2.45) is 4.99 Å². The highest BCUT2D eigenvalue weighted by Crippen LogP contribution is 2.14. The first-order valence-electron chi connectivity index (χ1n) is 5.74. The zero-order valence-corrected chi connectivity index (χ0v) is 12.9. The molecule has 0 atom stereocenters. The fourth-order valence-electron chi connectivity index (χ4n) is 1.62. The molecule has 4 nitrogen and oxygen atoms in total. The highest BCUT2D eigenvalue weighted by atomic mass is 127. The molecule has 0 radical (unpaired) electrons. The van der Waals surface area contributed by atoms with E-state index in [0.29, 0.717) is 18.9 Å². The molecule has 1 aliphatic rings. The second-order valence-electron chi connectivity index (χ2n) is 3.98. The highest BCUT2D eigenvalue weighted by molar-refractivity contribution is 14.0. The maximum atomic E-state index is 12.9. The maximum Gasteiger partial charge on any atom is 0.193 e. The van der Waals surface area contributed by atoms with Crippen molar-refractivity contribution in [1.82, 2.24) is 10.2 Å². The molecule has 106 valence electrons. The van der Waals surface area contributed by atoms with Crippen molar-refractivity contribution in [2.75, 3.05) is 33.3 Å². The number of rotatable bonds is 4. The average Bonchev–Trinajstić information content (AvgIpc) is 2.75. The van der Waals surface area contributed by atoms with E-state index in [0.717, 1.165) is 31.2 Å². The summed E-state index contributed by atoms with van der Waals surface area (Å²) < 4.78 is 30.9. The summed E-state index contributed by atoms with van der Waals surface area (Å²) in [6, 6.07) is 3.49. The van der Waals surface area contributed by atoms with Crippen LogP contribution in [0.5, 0.6) is 5.75 Å². The van der Waals surface area contributed by atoms with Crippen LogP contribution >= 0.6 is 24.0 Å². The van der Waals surface area contributed by atoms with E-state index in [9.17, 15) is 8.78 Å². The summed E-state index contributed by atoms with van der Waals surface area (Å²) >= 11 is 0. The van der Waals surface area contributed by atoms with Crippen molar-refractivity contribution >= 4 is 29.9 Å². The Morgan fingerprint density at radius 2 is 2.16 bits per heavy atom. The highest BCUT2D eigenvalue weighted by Gasteiger charge is 2.10. The number of hydrogen-bond donors (Lipinski definition) is 1. The zero-order valence-electron chi connectivity index (χ0n) is 10.5. The molecule has 19 heavy (non-hydrogen) atoms. The van der Waals surface area contributed by atoms with E-state index in [2.05, 4.69) is 10.3 Å². The fraction of sp³-hybridized carbons (Fsp3) is 0.417. The van der Waals surface area contributed by atoms with Crippen LogP contribution in [-0.4, -0.2) is 44.1 Å². The molecular weight excluding hydrogens is 367 g/mol. The monoisotopic (exact) mass is 383 g/mol. The van der Waals surface area contributed by atoms with E-state index < -0.39 is 11.6 Å². The Balaban J connectivity index is 0.00000180. The number of hydrogen-bond acceptors (Lipinski definition) is 4. The first-order chi connectivity index (χ1) is 8.66. The summed E-state index contributed by atoms with van der Waals surface area (Å²) in [4.78, 5) is 6.26. The SMILES string of the molecule is CN1CCN=C1NCCOc1ccc(F)c(F)c1.I. The van der Waals surface area contributed by atoms with Crippen molar-refractivity contribution in [3.05, 3.63) is 29.8 Å². The molecule has 1 aliphatic heterocycles. The van der Waals surface area contributed by atoms with E-state index in [4.69, 9.17) is 4.74 Å². The van der Waals surface area contributed by atoms with Crippen LogP contribution in [0.2, 0.25) is 0 Å². The summed E-state index contributed by atoms with van der Waals surface area (Å²) in [5.74, 6) is -0.621. The molecule has 1 heterocycles. The Hall–Kier alpha value is -1.12. The summed E-state index contributed by atoms with van der Waals surface area (Å²) in [5.41, 5.74) is 0. The normalized spacial score (nSPS) is 13.8. The Bertz CT molecular complexity index is 457. The lowest BCUT2D eigenvalue weighted by Gasteiger charge is -2.15. The Morgan fingerprint density at radius 3 is 2.79 bits per heavy atom. The number of likely N-dealkylation sites (N-methyl/N-ethyl adjacent to an activating group) is 1. The molecule has 0 spiro atoms. The molecule has 0 aliphatic carbocycles. The van der Waals surface area contributed by atoms with Crippen molar-refractivity contribution in [2.45, 2.75) is 0 Å². The van der Waals surface area contributed by atoms with E-state index in [1.165, 1.54) is 6.07 Å². The van der Waals surface area contributed by atoms with Gasteiger partial charge in [0.2, 0.25) is 0 Å². The summed E-state index contributed by atoms with van der Waals surface area (Å²) in [5, 5.41) is 3.11. The lowest BCUT2D eigenvalue weighted by Crippen LogP contribution is -2.37. The van der Waals surface area contributed by atoms with Gasteiger partial charge in [0, 0.05) is 19.7 Å². The minimum Gasteiger partial charge on any atom is -0.492 e. The van der Waals surface area contributed by atoms with Crippen LogP contribution in [0.25, 0.3) is 0 Å². The molecule has 1 aromatic rings. The molecule has 2 rings (SSSR count). The van der Waals surface area contributed by atoms with Crippen LogP contribution in [0.3, 0.4) is 0 Å². The topological polar surface area (TPSA) is 36.9 Å². The summed E-state index contributed by atoms with van der Waals surface area (Å²) in [7, 11) is 1.95. The van der Waals surface area contributed by atoms with Gasteiger partial charge in [-0.05, 0) is 12.1 Å². The average molecular weight is 383 g/mol. The second-order valence-corrected chi connectivity index (χ2v) is 3.98. The molecule has 0 amide bonds. The lowest BCUT2D eigenvalue weighted by atomic mass is 10.3. The first-order valence-corrected chi connectivity index (χ1v) is 5.74. The Labute approximate surface area is 127 Å². The van der Waals surface area contributed by atoms with Gasteiger partial charge >= 0.3 is 0 Å². The number of aliphatic imine (C=N–C) groups is 1. The van der Waals surface area contributed by atoms with Gasteiger partial charge < -0.3 is 15.0 Å². The third-order valence-electron chi connectivity index (χ3n) is 2.60. The predicted molar refractivity (Wildman–Crippen MR) is 80.2 cm³/mol. The molecule has 0 unspecified atom stereocenters. The fourth-order valence-corrected chi connectivity index (χ4v) is 1.62. The van der Waals surface area contributed by atoms with Gasteiger partial charge in [-0.2, -0.15) is 0 Å². The maximum absolute atomic E-state index is 12.9. The van der Waals surface area contributed by atoms with Gasteiger partial charge in [-0.15, -0.1) is 24.0 Å². The standard InChI is InChI=1S/C12H15F2N3O.HI/c1-17-6-4-15-12(17)16-5-7-18-9-2-3-10(13)11(14)8-9;/h2-3,8H,4-7H2,1H3,(H,15,16);1H. The number of benzene rings is 1. The Kier molecular flexibility index (Phi) is 6.26. The van der Waals surface area contributed by atoms with Crippen molar-refractivity contribution in [1.29, 1.82) is 0 Å². The first kappa shape index (κ1) is 15.9. The molecule has 7 heteroatoms. The van der Waals surface area contributed by atoms with Gasteiger partial charge in [0.05, 0.1) is 13.1 Å². The molecule has 0 bridgehead atoms. The Morgan fingerprint density at radius 1 is 1.37 bits per heavy atom. The van der Waals surface area contributed by atoms with Crippen LogP contribution in [0.15, 0.2) is 23.2 Å². The van der Waals surface area contributed by atoms with Crippen molar-refractivity contribution < 1.29 is 13.5 Å². The van der Waals surface area contributed by atoms with Gasteiger partial charge in [-0.3, -0.25) is 4.99 Å². The van der Waals surface area contributed by atoms with Crippen LogP contribution in [0.4, 0.5) is 8.78 Å². The molecule has 1 aromatic carbocycles. The molecular formula is C12H16F2IN3O. The molecule has 0 saturated heterocycles. The van der Waals surface area contributed by atoms with E-state index in [1.807, 2.05) is 11.9 Å². The second kappa shape index (κ2) is 7.46. The number of nitrogens with one attached hydrogen (secondary N) is 1.